The molecular weight excluding hydrogens is 498 g/mol. The smallest absolute Gasteiger partial charge is 0.163 e. The van der Waals surface area contributed by atoms with Crippen molar-refractivity contribution in [3.05, 3.63) is 101 Å². The summed E-state index contributed by atoms with van der Waals surface area (Å²) in [6, 6.07) is 21.4. The zero-order valence-electron chi connectivity index (χ0n) is 23.4. The monoisotopic (exact) mass is 533 g/mol. The zero-order chi connectivity index (χ0) is 27.4. The molecule has 4 atom stereocenters. The first-order valence-corrected chi connectivity index (χ1v) is 14.2. The SMILES string of the molecule is COc1cccc([C@@]23C=C4CN(CC[C@@H]5CC=C(C(=O)C5)c5ccc(OC)cc54)[C@@H]2Cc2cccc(OC)c23)c1. The van der Waals surface area contributed by atoms with Crippen molar-refractivity contribution in [2.24, 2.45) is 5.92 Å². The Morgan fingerprint density at radius 1 is 0.875 bits per heavy atom. The Morgan fingerprint density at radius 3 is 2.50 bits per heavy atom. The molecule has 1 unspecified atom stereocenters. The van der Waals surface area contributed by atoms with E-state index in [1.807, 2.05) is 12.1 Å². The number of fused-ring (bicyclic) bond motifs is 6. The molecule has 0 amide bonds. The first-order valence-electron chi connectivity index (χ1n) is 14.2. The van der Waals surface area contributed by atoms with Crippen molar-refractivity contribution in [3.63, 3.8) is 0 Å². The van der Waals surface area contributed by atoms with Crippen LogP contribution in [0.15, 0.2) is 72.8 Å². The highest BCUT2D eigenvalue weighted by Gasteiger charge is 2.53. The average Bonchev–Trinajstić information content (AvgIpc) is 3.34. The Kier molecular flexibility index (Phi) is 6.08. The third-order valence-corrected chi connectivity index (χ3v) is 9.57. The van der Waals surface area contributed by atoms with Crippen molar-refractivity contribution in [1.82, 2.24) is 4.90 Å². The first-order chi connectivity index (χ1) is 19.5. The molecule has 0 saturated carbocycles. The van der Waals surface area contributed by atoms with Crippen molar-refractivity contribution >= 4 is 16.9 Å². The third kappa shape index (κ3) is 3.75. The lowest BCUT2D eigenvalue weighted by molar-refractivity contribution is -0.115. The molecule has 40 heavy (non-hydrogen) atoms. The molecule has 0 saturated heterocycles. The number of Topliss-reactive ketones (excluding diaryl/α,β-unsaturated/α-hetero) is 1. The van der Waals surface area contributed by atoms with Gasteiger partial charge in [-0.2, -0.15) is 0 Å². The predicted octanol–water partition coefficient (Wildman–Crippen LogP) is 6.09. The summed E-state index contributed by atoms with van der Waals surface area (Å²) < 4.78 is 17.5. The van der Waals surface area contributed by atoms with Gasteiger partial charge in [0.2, 0.25) is 0 Å². The normalized spacial score (nSPS) is 26.5. The summed E-state index contributed by atoms with van der Waals surface area (Å²) in [5.41, 5.74) is 7.46. The Balaban J connectivity index is 1.56. The lowest BCUT2D eigenvalue weighted by Gasteiger charge is -2.46. The first kappa shape index (κ1) is 25.2. The molecule has 2 aliphatic carbocycles. The summed E-state index contributed by atoms with van der Waals surface area (Å²) in [6.07, 6.45) is 8.16. The number of ether oxygens (including phenoxy) is 3. The minimum atomic E-state index is -0.449. The summed E-state index contributed by atoms with van der Waals surface area (Å²) >= 11 is 0. The number of carbonyl (C=O) groups excluding carboxylic acids is 1. The number of rotatable bonds is 4. The number of benzene rings is 3. The van der Waals surface area contributed by atoms with Crippen LogP contribution in [0.1, 0.15) is 47.1 Å². The van der Waals surface area contributed by atoms with Crippen LogP contribution < -0.4 is 14.2 Å². The molecule has 3 aliphatic heterocycles. The summed E-state index contributed by atoms with van der Waals surface area (Å²) in [4.78, 5) is 16.1. The van der Waals surface area contributed by atoms with Gasteiger partial charge in [-0.25, -0.2) is 0 Å². The van der Waals surface area contributed by atoms with Gasteiger partial charge in [-0.15, -0.1) is 0 Å². The molecule has 5 nitrogen and oxygen atoms in total. The van der Waals surface area contributed by atoms with Crippen LogP contribution >= 0.6 is 0 Å². The van der Waals surface area contributed by atoms with Gasteiger partial charge in [0.15, 0.2) is 5.78 Å². The second-order valence-electron chi connectivity index (χ2n) is 11.5. The van der Waals surface area contributed by atoms with Crippen LogP contribution in [0.3, 0.4) is 0 Å². The van der Waals surface area contributed by atoms with Gasteiger partial charge in [0.05, 0.1) is 26.7 Å². The summed E-state index contributed by atoms with van der Waals surface area (Å²) in [7, 11) is 5.20. The van der Waals surface area contributed by atoms with Crippen LogP contribution in [-0.4, -0.2) is 51.1 Å². The summed E-state index contributed by atoms with van der Waals surface area (Å²) in [5.74, 6) is 3.17. The average molecular weight is 534 g/mol. The van der Waals surface area contributed by atoms with Crippen molar-refractivity contribution in [2.75, 3.05) is 34.4 Å². The number of carbonyl (C=O) groups is 1. The number of hydrogen-bond acceptors (Lipinski definition) is 5. The van der Waals surface area contributed by atoms with Crippen molar-refractivity contribution in [1.29, 1.82) is 0 Å². The lowest BCUT2D eigenvalue weighted by atomic mass is 9.68. The molecule has 4 bridgehead atoms. The quantitative estimate of drug-likeness (QED) is 0.406. The van der Waals surface area contributed by atoms with Gasteiger partial charge in [-0.1, -0.05) is 36.4 Å². The van der Waals surface area contributed by atoms with E-state index in [1.54, 1.807) is 21.3 Å². The molecule has 3 aromatic rings. The molecule has 0 fully saturated rings. The van der Waals surface area contributed by atoms with Gasteiger partial charge in [0, 0.05) is 30.1 Å². The Bertz CT molecular complexity index is 1570. The zero-order valence-corrected chi connectivity index (χ0v) is 23.4. The van der Waals surface area contributed by atoms with E-state index < -0.39 is 5.41 Å². The number of allylic oxidation sites excluding steroid dienone is 2. The maximum atomic E-state index is 13.5. The second-order valence-corrected chi connectivity index (χ2v) is 11.5. The van der Waals surface area contributed by atoms with Crippen LogP contribution in [0.4, 0.5) is 0 Å². The number of ketones is 1. The number of methoxy groups -OCH3 is 3. The van der Waals surface area contributed by atoms with Crippen LogP contribution in [0.5, 0.6) is 17.2 Å². The highest BCUT2D eigenvalue weighted by atomic mass is 16.5. The fourth-order valence-electron chi connectivity index (χ4n) is 7.69. The van der Waals surface area contributed by atoms with Crippen molar-refractivity contribution in [3.8, 4) is 17.2 Å². The predicted molar refractivity (Wildman–Crippen MR) is 157 cm³/mol. The number of nitrogens with zero attached hydrogens (tertiary/aromatic N) is 1. The number of hydrogen-bond donors (Lipinski definition) is 0. The fourth-order valence-corrected chi connectivity index (χ4v) is 7.69. The minimum absolute atomic E-state index is 0.217. The molecule has 5 heteroatoms. The van der Waals surface area contributed by atoms with Gasteiger partial charge >= 0.3 is 0 Å². The third-order valence-electron chi connectivity index (χ3n) is 9.57. The lowest BCUT2D eigenvalue weighted by Crippen LogP contribution is -2.52. The fraction of sp³-hybridized carbons (Fsp3) is 0.343. The molecule has 204 valence electrons. The van der Waals surface area contributed by atoms with Gasteiger partial charge in [0.1, 0.15) is 17.2 Å². The molecule has 0 radical (unpaired) electrons. The minimum Gasteiger partial charge on any atom is -0.497 e. The van der Waals surface area contributed by atoms with E-state index in [2.05, 4.69) is 65.6 Å². The van der Waals surface area contributed by atoms with Crippen LogP contribution in [0.2, 0.25) is 0 Å². The highest BCUT2D eigenvalue weighted by molar-refractivity contribution is 6.22. The van der Waals surface area contributed by atoms with Crippen LogP contribution in [0.25, 0.3) is 11.1 Å². The Morgan fingerprint density at radius 2 is 1.70 bits per heavy atom. The molecule has 0 aromatic heterocycles. The van der Waals surface area contributed by atoms with Gasteiger partial charge < -0.3 is 14.2 Å². The molecule has 8 rings (SSSR count). The van der Waals surface area contributed by atoms with Gasteiger partial charge in [0.25, 0.3) is 0 Å². The summed E-state index contributed by atoms with van der Waals surface area (Å²) in [5, 5.41) is 0. The maximum Gasteiger partial charge on any atom is 0.163 e. The highest BCUT2D eigenvalue weighted by Crippen LogP contribution is 2.55. The van der Waals surface area contributed by atoms with E-state index in [9.17, 15) is 4.79 Å². The Labute approximate surface area is 236 Å². The van der Waals surface area contributed by atoms with E-state index in [0.717, 1.165) is 66.3 Å². The maximum absolute atomic E-state index is 13.5. The molecule has 5 aliphatic rings. The van der Waals surface area contributed by atoms with E-state index in [0.29, 0.717) is 12.3 Å². The van der Waals surface area contributed by atoms with Crippen LogP contribution in [-0.2, 0) is 16.6 Å². The van der Waals surface area contributed by atoms with Crippen molar-refractivity contribution in [2.45, 2.75) is 37.1 Å². The molecule has 3 aromatic carbocycles. The largest absolute Gasteiger partial charge is 0.497 e. The molecule has 0 N–H and O–H groups in total. The molecular formula is C35H35NO4. The second kappa shape index (κ2) is 9.67. The Hall–Kier alpha value is -3.83. The standard InChI is InChI=1S/C35H35NO4/c1-38-26-8-5-7-25(18-26)35-20-24-21-36(33(35)17-23-6-4-9-32(40-3)34(23)35)15-14-22-10-12-29(31(37)16-22)28-13-11-27(39-2)19-30(24)28/h4-9,11-13,18-20,22,33H,10,14-17,21H2,1-3H3/t22-,33+,35-/m0/s1. The van der Waals surface area contributed by atoms with E-state index >= 15 is 0 Å². The van der Waals surface area contributed by atoms with Gasteiger partial charge in [-0.05, 0) is 96.0 Å². The van der Waals surface area contributed by atoms with E-state index in [4.69, 9.17) is 14.2 Å². The van der Waals surface area contributed by atoms with Crippen LogP contribution in [0, 0.1) is 5.92 Å². The molecule has 3 heterocycles. The van der Waals surface area contributed by atoms with E-state index in [1.165, 1.54) is 22.3 Å². The van der Waals surface area contributed by atoms with Crippen molar-refractivity contribution < 1.29 is 19.0 Å². The van der Waals surface area contributed by atoms with E-state index in [-0.39, 0.29) is 11.8 Å². The van der Waals surface area contributed by atoms with Gasteiger partial charge in [-0.3, -0.25) is 9.69 Å². The summed E-state index contributed by atoms with van der Waals surface area (Å²) in [6.45, 7) is 1.76. The molecule has 0 spiro atoms. The topological polar surface area (TPSA) is 48.0 Å².